The zero-order valence-electron chi connectivity index (χ0n) is 11.3. The van der Waals surface area contributed by atoms with Gasteiger partial charge < -0.3 is 10.2 Å². The number of nitrogens with one attached hydrogen (secondary N) is 1. The smallest absolute Gasteiger partial charge is 0.244 e. The lowest BCUT2D eigenvalue weighted by Gasteiger charge is -2.37. The summed E-state index contributed by atoms with van der Waals surface area (Å²) in [7, 11) is 0. The normalized spacial score (nSPS) is 29.4. The van der Waals surface area contributed by atoms with Crippen molar-refractivity contribution in [2.45, 2.75) is 57.3 Å². The maximum Gasteiger partial charge on any atom is 0.244 e. The third kappa shape index (κ3) is 2.63. The molecule has 2 bridgehead atoms. The van der Waals surface area contributed by atoms with E-state index in [2.05, 4.69) is 22.3 Å². The first kappa shape index (κ1) is 12.6. The van der Waals surface area contributed by atoms with Gasteiger partial charge in [-0.3, -0.25) is 4.79 Å². The molecule has 2 atom stereocenters. The summed E-state index contributed by atoms with van der Waals surface area (Å²) in [4.78, 5) is 18.3. The number of fused-ring (bicyclic) bond motifs is 2. The molecule has 104 valence electrons. The molecule has 19 heavy (non-hydrogen) atoms. The Kier molecular flexibility index (Phi) is 3.50. The molecule has 6 nitrogen and oxygen atoms in total. The van der Waals surface area contributed by atoms with Gasteiger partial charge in [0, 0.05) is 24.7 Å². The van der Waals surface area contributed by atoms with Crippen LogP contribution >= 0.6 is 0 Å². The molecule has 3 rings (SSSR count). The number of aromatic nitrogens is 3. The van der Waals surface area contributed by atoms with E-state index in [0.717, 1.165) is 19.4 Å². The summed E-state index contributed by atoms with van der Waals surface area (Å²) in [5, 5.41) is 7.62. The average molecular weight is 263 g/mol. The molecule has 1 aromatic rings. The topological polar surface area (TPSA) is 63.1 Å². The molecule has 0 aliphatic carbocycles. The maximum absolute atomic E-state index is 12.4. The minimum absolute atomic E-state index is 0.152. The highest BCUT2D eigenvalue weighted by Gasteiger charge is 2.37. The Morgan fingerprint density at radius 3 is 2.74 bits per heavy atom. The lowest BCUT2D eigenvalue weighted by Crippen LogP contribution is -2.50. The zero-order valence-corrected chi connectivity index (χ0v) is 11.3. The highest BCUT2D eigenvalue weighted by Crippen LogP contribution is 2.29. The number of likely N-dealkylation sites (N-methyl/N-ethyl adjacent to an activating group) is 1. The Labute approximate surface area is 113 Å². The van der Waals surface area contributed by atoms with Crippen LogP contribution in [0.4, 0.5) is 0 Å². The molecule has 1 aromatic heterocycles. The number of piperidine rings is 1. The van der Waals surface area contributed by atoms with Crippen LogP contribution in [-0.2, 0) is 11.3 Å². The molecule has 2 fully saturated rings. The van der Waals surface area contributed by atoms with Crippen molar-refractivity contribution in [3.05, 3.63) is 12.7 Å². The van der Waals surface area contributed by atoms with Crippen molar-refractivity contribution in [2.24, 2.45) is 0 Å². The van der Waals surface area contributed by atoms with Crippen LogP contribution in [0.2, 0.25) is 0 Å². The van der Waals surface area contributed by atoms with E-state index in [-0.39, 0.29) is 5.91 Å². The fraction of sp³-hybridized carbons (Fsp3) is 0.769. The second-order valence-electron chi connectivity index (χ2n) is 5.54. The van der Waals surface area contributed by atoms with Crippen molar-refractivity contribution in [2.75, 3.05) is 6.54 Å². The minimum atomic E-state index is 0.152. The van der Waals surface area contributed by atoms with Gasteiger partial charge in [-0.05, 0) is 32.6 Å². The highest BCUT2D eigenvalue weighted by molar-refractivity contribution is 5.76. The van der Waals surface area contributed by atoms with Crippen molar-refractivity contribution < 1.29 is 4.79 Å². The van der Waals surface area contributed by atoms with Crippen LogP contribution in [0.5, 0.6) is 0 Å². The first-order chi connectivity index (χ1) is 9.26. The van der Waals surface area contributed by atoms with E-state index in [0.29, 0.717) is 24.7 Å². The average Bonchev–Trinajstić information content (AvgIpc) is 3.00. The predicted octanol–water partition coefficient (Wildman–Crippen LogP) is 0.410. The first-order valence-corrected chi connectivity index (χ1v) is 7.14. The molecule has 0 aromatic carbocycles. The Hall–Kier alpha value is -1.43. The molecular formula is C13H21N5O. The fourth-order valence-corrected chi connectivity index (χ4v) is 3.46. The van der Waals surface area contributed by atoms with Gasteiger partial charge in [-0.25, -0.2) is 9.67 Å². The van der Waals surface area contributed by atoms with Gasteiger partial charge in [-0.1, -0.05) is 0 Å². The molecule has 0 spiro atoms. The molecule has 0 radical (unpaired) electrons. The van der Waals surface area contributed by atoms with E-state index in [9.17, 15) is 4.79 Å². The zero-order chi connectivity index (χ0) is 13.2. The molecule has 2 aliphatic rings. The Bertz CT molecular complexity index is 420. The Morgan fingerprint density at radius 1 is 1.42 bits per heavy atom. The summed E-state index contributed by atoms with van der Waals surface area (Å²) in [5.74, 6) is 0.152. The van der Waals surface area contributed by atoms with Gasteiger partial charge in [0.05, 0.1) is 0 Å². The van der Waals surface area contributed by atoms with E-state index in [1.54, 1.807) is 11.0 Å². The van der Waals surface area contributed by atoms with E-state index in [1.165, 1.54) is 19.2 Å². The summed E-state index contributed by atoms with van der Waals surface area (Å²) < 4.78 is 1.60. The standard InChI is InChI=1S/C13H21N5O/c1-2-18(13(19)7-17-9-14-8-15-17)12-5-10-3-4-11(6-12)16-10/h8-12,16H,2-7H2,1H3. The van der Waals surface area contributed by atoms with E-state index in [4.69, 9.17) is 0 Å². The third-order valence-corrected chi connectivity index (χ3v) is 4.31. The van der Waals surface area contributed by atoms with Crippen molar-refractivity contribution >= 4 is 5.91 Å². The maximum atomic E-state index is 12.4. The van der Waals surface area contributed by atoms with Gasteiger partial charge in [-0.2, -0.15) is 5.10 Å². The summed E-state index contributed by atoms with van der Waals surface area (Å²) in [6, 6.07) is 1.61. The van der Waals surface area contributed by atoms with Crippen LogP contribution in [0.15, 0.2) is 12.7 Å². The lowest BCUT2D eigenvalue weighted by atomic mass is 9.98. The molecule has 1 amide bonds. The molecule has 2 saturated heterocycles. The number of hydrogen-bond donors (Lipinski definition) is 1. The molecule has 1 N–H and O–H groups in total. The largest absolute Gasteiger partial charge is 0.338 e. The number of carbonyl (C=O) groups excluding carboxylic acids is 1. The number of hydrogen-bond acceptors (Lipinski definition) is 4. The molecule has 6 heteroatoms. The summed E-state index contributed by atoms with van der Waals surface area (Å²) in [6.45, 7) is 3.13. The van der Waals surface area contributed by atoms with Crippen molar-refractivity contribution in [3.63, 3.8) is 0 Å². The molecule has 2 unspecified atom stereocenters. The molecule has 3 heterocycles. The third-order valence-electron chi connectivity index (χ3n) is 4.31. The van der Waals surface area contributed by atoms with Gasteiger partial charge in [0.15, 0.2) is 0 Å². The number of amides is 1. The van der Waals surface area contributed by atoms with E-state index < -0.39 is 0 Å². The predicted molar refractivity (Wildman–Crippen MR) is 70.4 cm³/mol. The molecular weight excluding hydrogens is 242 g/mol. The summed E-state index contributed by atoms with van der Waals surface area (Å²) in [5.41, 5.74) is 0. The van der Waals surface area contributed by atoms with Gasteiger partial charge in [-0.15, -0.1) is 0 Å². The number of carbonyl (C=O) groups is 1. The SMILES string of the molecule is CCN(C(=O)Cn1cncn1)C1CC2CCC(C1)N2. The van der Waals surface area contributed by atoms with Crippen LogP contribution in [-0.4, -0.2) is 50.2 Å². The quantitative estimate of drug-likeness (QED) is 0.854. The fourth-order valence-electron chi connectivity index (χ4n) is 3.46. The molecule has 2 aliphatic heterocycles. The van der Waals surface area contributed by atoms with Crippen molar-refractivity contribution in [3.8, 4) is 0 Å². The van der Waals surface area contributed by atoms with Crippen LogP contribution < -0.4 is 5.32 Å². The number of rotatable bonds is 4. The lowest BCUT2D eigenvalue weighted by molar-refractivity contribution is -0.135. The highest BCUT2D eigenvalue weighted by atomic mass is 16.2. The second-order valence-corrected chi connectivity index (χ2v) is 5.54. The van der Waals surface area contributed by atoms with Crippen LogP contribution in [0.25, 0.3) is 0 Å². The molecule has 0 saturated carbocycles. The Morgan fingerprint density at radius 2 is 2.16 bits per heavy atom. The Balaban J connectivity index is 1.65. The van der Waals surface area contributed by atoms with Gasteiger partial charge >= 0.3 is 0 Å². The van der Waals surface area contributed by atoms with Crippen molar-refractivity contribution in [1.82, 2.24) is 25.0 Å². The number of nitrogens with zero attached hydrogens (tertiary/aromatic N) is 4. The second kappa shape index (κ2) is 5.28. The van der Waals surface area contributed by atoms with E-state index in [1.807, 2.05) is 4.90 Å². The first-order valence-electron chi connectivity index (χ1n) is 7.14. The van der Waals surface area contributed by atoms with Crippen LogP contribution in [0.1, 0.15) is 32.6 Å². The minimum Gasteiger partial charge on any atom is -0.338 e. The van der Waals surface area contributed by atoms with Gasteiger partial charge in [0.1, 0.15) is 19.2 Å². The van der Waals surface area contributed by atoms with Crippen molar-refractivity contribution in [1.29, 1.82) is 0 Å². The van der Waals surface area contributed by atoms with Gasteiger partial charge in [0.25, 0.3) is 0 Å². The van der Waals surface area contributed by atoms with Crippen LogP contribution in [0, 0.1) is 0 Å². The summed E-state index contributed by atoms with van der Waals surface area (Å²) >= 11 is 0. The van der Waals surface area contributed by atoms with E-state index >= 15 is 0 Å². The summed E-state index contributed by atoms with van der Waals surface area (Å²) in [6.07, 6.45) is 7.76. The van der Waals surface area contributed by atoms with Gasteiger partial charge in [0.2, 0.25) is 5.91 Å². The van der Waals surface area contributed by atoms with Crippen LogP contribution in [0.3, 0.4) is 0 Å². The monoisotopic (exact) mass is 263 g/mol.